The zero-order valence-corrected chi connectivity index (χ0v) is 14.1. The van der Waals surface area contributed by atoms with E-state index in [1.807, 2.05) is 6.07 Å². The number of aromatic nitrogens is 2. The van der Waals surface area contributed by atoms with Gasteiger partial charge >= 0.3 is 0 Å². The zero-order chi connectivity index (χ0) is 15.1. The Hall–Kier alpha value is -1.62. The van der Waals surface area contributed by atoms with Crippen LogP contribution in [0, 0.1) is 0 Å². The summed E-state index contributed by atoms with van der Waals surface area (Å²) in [4.78, 5) is 11.0. The second-order valence-electron chi connectivity index (χ2n) is 4.73. The number of nitrogens with one attached hydrogen (secondary N) is 1. The SMILES string of the molecule is CCCCN(c1ccccc1)c1ncnc(NCC)c1Br. The van der Waals surface area contributed by atoms with Crippen molar-refractivity contribution in [3.63, 3.8) is 0 Å². The van der Waals surface area contributed by atoms with Crippen LogP contribution >= 0.6 is 15.9 Å². The van der Waals surface area contributed by atoms with E-state index in [0.717, 1.165) is 47.7 Å². The number of anilines is 3. The molecule has 0 amide bonds. The molecule has 0 fully saturated rings. The van der Waals surface area contributed by atoms with Crippen molar-refractivity contribution in [2.24, 2.45) is 0 Å². The molecule has 0 aliphatic rings. The van der Waals surface area contributed by atoms with Gasteiger partial charge in [-0.1, -0.05) is 31.5 Å². The molecule has 21 heavy (non-hydrogen) atoms. The minimum Gasteiger partial charge on any atom is -0.369 e. The first-order valence-corrected chi connectivity index (χ1v) is 8.14. The molecule has 1 aromatic carbocycles. The Kier molecular flexibility index (Phi) is 5.99. The molecule has 1 N–H and O–H groups in total. The largest absolute Gasteiger partial charge is 0.369 e. The molecule has 0 bridgehead atoms. The Morgan fingerprint density at radius 2 is 1.90 bits per heavy atom. The summed E-state index contributed by atoms with van der Waals surface area (Å²) < 4.78 is 0.909. The Labute approximate surface area is 134 Å². The highest BCUT2D eigenvalue weighted by atomic mass is 79.9. The zero-order valence-electron chi connectivity index (χ0n) is 12.5. The van der Waals surface area contributed by atoms with Crippen molar-refractivity contribution >= 4 is 33.3 Å². The fourth-order valence-corrected chi connectivity index (χ4v) is 2.68. The average molecular weight is 349 g/mol. The number of hydrogen-bond donors (Lipinski definition) is 1. The monoisotopic (exact) mass is 348 g/mol. The summed E-state index contributed by atoms with van der Waals surface area (Å²) in [5.74, 6) is 1.74. The van der Waals surface area contributed by atoms with Gasteiger partial charge < -0.3 is 10.2 Å². The first kappa shape index (κ1) is 15.8. The van der Waals surface area contributed by atoms with Crippen LogP contribution in [0.2, 0.25) is 0 Å². The highest BCUT2D eigenvalue weighted by Gasteiger charge is 2.16. The molecular weight excluding hydrogens is 328 g/mol. The van der Waals surface area contributed by atoms with Gasteiger partial charge in [-0.05, 0) is 41.4 Å². The molecule has 0 saturated carbocycles. The van der Waals surface area contributed by atoms with E-state index < -0.39 is 0 Å². The van der Waals surface area contributed by atoms with Crippen LogP contribution in [-0.2, 0) is 0 Å². The fourth-order valence-electron chi connectivity index (χ4n) is 2.12. The summed E-state index contributed by atoms with van der Waals surface area (Å²) in [5.41, 5.74) is 1.15. The molecule has 1 aromatic heterocycles. The Morgan fingerprint density at radius 1 is 1.14 bits per heavy atom. The van der Waals surface area contributed by atoms with E-state index in [1.165, 1.54) is 0 Å². The summed E-state index contributed by atoms with van der Waals surface area (Å²) in [6.07, 6.45) is 3.87. The van der Waals surface area contributed by atoms with E-state index in [4.69, 9.17) is 0 Å². The number of rotatable bonds is 7. The summed E-state index contributed by atoms with van der Waals surface area (Å²) >= 11 is 3.64. The normalized spacial score (nSPS) is 10.4. The van der Waals surface area contributed by atoms with Gasteiger partial charge in [0.2, 0.25) is 0 Å². The van der Waals surface area contributed by atoms with Crippen molar-refractivity contribution in [3.05, 3.63) is 41.1 Å². The van der Waals surface area contributed by atoms with E-state index >= 15 is 0 Å². The smallest absolute Gasteiger partial charge is 0.152 e. The van der Waals surface area contributed by atoms with Crippen LogP contribution in [0.15, 0.2) is 41.1 Å². The number of hydrogen-bond acceptors (Lipinski definition) is 4. The van der Waals surface area contributed by atoms with E-state index in [-0.39, 0.29) is 0 Å². The minimum atomic E-state index is 0.829. The molecule has 0 saturated heterocycles. The molecule has 5 heteroatoms. The first-order valence-electron chi connectivity index (χ1n) is 7.34. The lowest BCUT2D eigenvalue weighted by Gasteiger charge is -2.25. The van der Waals surface area contributed by atoms with Gasteiger partial charge in [-0.25, -0.2) is 9.97 Å². The predicted molar refractivity (Wildman–Crippen MR) is 92.3 cm³/mol. The highest BCUT2D eigenvalue weighted by molar-refractivity contribution is 9.10. The van der Waals surface area contributed by atoms with Crippen molar-refractivity contribution in [3.8, 4) is 0 Å². The number of halogens is 1. The third kappa shape index (κ3) is 3.94. The molecule has 0 radical (unpaired) electrons. The van der Waals surface area contributed by atoms with Crippen LogP contribution in [-0.4, -0.2) is 23.1 Å². The molecule has 0 aliphatic carbocycles. The van der Waals surface area contributed by atoms with Crippen molar-refractivity contribution < 1.29 is 0 Å². The van der Waals surface area contributed by atoms with Gasteiger partial charge in [0.25, 0.3) is 0 Å². The van der Waals surface area contributed by atoms with Crippen molar-refractivity contribution in [2.45, 2.75) is 26.7 Å². The predicted octanol–water partition coefficient (Wildman–Crippen LogP) is 4.61. The molecule has 0 spiro atoms. The van der Waals surface area contributed by atoms with Crippen LogP contribution in [0.4, 0.5) is 17.3 Å². The third-order valence-corrected chi connectivity index (χ3v) is 3.90. The molecule has 112 valence electrons. The molecule has 0 unspecified atom stereocenters. The maximum Gasteiger partial charge on any atom is 0.152 e. The highest BCUT2D eigenvalue weighted by Crippen LogP contribution is 2.33. The van der Waals surface area contributed by atoms with Gasteiger partial charge in [0, 0.05) is 18.8 Å². The molecule has 2 rings (SSSR count). The van der Waals surface area contributed by atoms with Crippen molar-refractivity contribution in [1.29, 1.82) is 0 Å². The van der Waals surface area contributed by atoms with Crippen LogP contribution in [0.3, 0.4) is 0 Å². The second kappa shape index (κ2) is 7.98. The van der Waals surface area contributed by atoms with Crippen LogP contribution < -0.4 is 10.2 Å². The second-order valence-corrected chi connectivity index (χ2v) is 5.52. The van der Waals surface area contributed by atoms with Crippen LogP contribution in [0.25, 0.3) is 0 Å². The summed E-state index contributed by atoms with van der Waals surface area (Å²) in [6.45, 7) is 6.01. The van der Waals surface area contributed by atoms with Crippen LogP contribution in [0.1, 0.15) is 26.7 Å². The van der Waals surface area contributed by atoms with Crippen molar-refractivity contribution in [1.82, 2.24) is 9.97 Å². The lowest BCUT2D eigenvalue weighted by molar-refractivity contribution is 0.777. The Morgan fingerprint density at radius 3 is 2.57 bits per heavy atom. The maximum atomic E-state index is 4.48. The Bertz CT molecular complexity index is 559. The number of nitrogens with zero attached hydrogens (tertiary/aromatic N) is 3. The maximum absolute atomic E-state index is 4.48. The fraction of sp³-hybridized carbons (Fsp3) is 0.375. The number of benzene rings is 1. The van der Waals surface area contributed by atoms with Crippen LogP contribution in [0.5, 0.6) is 0 Å². The quantitative estimate of drug-likeness (QED) is 0.793. The standard InChI is InChI=1S/C16H21BrN4/c1-3-5-11-21(13-9-7-6-8-10-13)16-14(17)15(18-4-2)19-12-20-16/h6-10,12H,3-5,11H2,1-2H3,(H,18,19,20). The summed E-state index contributed by atoms with van der Waals surface area (Å²) in [5, 5.41) is 3.25. The van der Waals surface area contributed by atoms with Gasteiger partial charge in [0.1, 0.15) is 16.6 Å². The average Bonchev–Trinajstić information content (AvgIpc) is 2.52. The molecule has 0 aliphatic heterocycles. The number of para-hydroxylation sites is 1. The molecule has 1 heterocycles. The van der Waals surface area contributed by atoms with E-state index in [9.17, 15) is 0 Å². The van der Waals surface area contributed by atoms with Gasteiger partial charge in [0.05, 0.1) is 0 Å². The van der Waals surface area contributed by atoms with Gasteiger partial charge in [-0.15, -0.1) is 0 Å². The molecule has 0 atom stereocenters. The molecule has 2 aromatic rings. The summed E-state index contributed by atoms with van der Waals surface area (Å²) in [7, 11) is 0. The lowest BCUT2D eigenvalue weighted by Crippen LogP contribution is -2.20. The number of unbranched alkanes of at least 4 members (excludes halogenated alkanes) is 1. The Balaban J connectivity index is 2.39. The van der Waals surface area contributed by atoms with Gasteiger partial charge in [-0.3, -0.25) is 0 Å². The lowest BCUT2D eigenvalue weighted by atomic mass is 10.2. The minimum absolute atomic E-state index is 0.829. The van der Waals surface area contributed by atoms with Gasteiger partial charge in [-0.2, -0.15) is 0 Å². The molecule has 4 nitrogen and oxygen atoms in total. The summed E-state index contributed by atoms with van der Waals surface area (Å²) in [6, 6.07) is 10.3. The van der Waals surface area contributed by atoms with E-state index in [1.54, 1.807) is 6.33 Å². The third-order valence-electron chi connectivity index (χ3n) is 3.17. The van der Waals surface area contributed by atoms with E-state index in [2.05, 4.69) is 74.2 Å². The van der Waals surface area contributed by atoms with E-state index in [0.29, 0.717) is 0 Å². The molecular formula is C16H21BrN4. The van der Waals surface area contributed by atoms with Gasteiger partial charge in [0.15, 0.2) is 5.82 Å². The van der Waals surface area contributed by atoms with Crippen molar-refractivity contribution in [2.75, 3.05) is 23.3 Å². The first-order chi connectivity index (χ1) is 10.3. The topological polar surface area (TPSA) is 41.1 Å².